The molecule has 130 valence electrons. The Morgan fingerprint density at radius 2 is 1.46 bits per heavy atom. The van der Waals surface area contributed by atoms with Crippen LogP contribution in [0.2, 0.25) is 0 Å². The number of benzene rings is 3. The molecule has 0 saturated heterocycles. The molecule has 0 N–H and O–H groups in total. The maximum atomic E-state index is 13.5. The summed E-state index contributed by atoms with van der Waals surface area (Å²) in [4.78, 5) is 13.5. The molecule has 0 aliphatic heterocycles. The van der Waals surface area contributed by atoms with Crippen molar-refractivity contribution in [2.24, 2.45) is 0 Å². The van der Waals surface area contributed by atoms with E-state index < -0.39 is 0 Å². The van der Waals surface area contributed by atoms with Crippen molar-refractivity contribution in [1.29, 1.82) is 0 Å². The molecule has 3 aromatic carbocycles. The predicted octanol–water partition coefficient (Wildman–Crippen LogP) is 6.39. The molecule has 0 aliphatic carbocycles. The molecule has 4 aromatic rings. The van der Waals surface area contributed by atoms with Crippen molar-refractivity contribution < 1.29 is 4.79 Å². The molecule has 0 fully saturated rings. The van der Waals surface area contributed by atoms with Crippen LogP contribution in [0.15, 0.2) is 72.9 Å². The second-order valence-corrected chi connectivity index (χ2v) is 6.79. The molecule has 0 amide bonds. The number of hydrogen-bond acceptors (Lipinski definition) is 1. The third kappa shape index (κ3) is 2.62. The number of carbonyl (C=O) groups is 1. The summed E-state index contributed by atoms with van der Waals surface area (Å²) >= 11 is 0. The summed E-state index contributed by atoms with van der Waals surface area (Å²) in [6.45, 7) is 4.41. The predicted molar refractivity (Wildman–Crippen MR) is 109 cm³/mol. The van der Waals surface area contributed by atoms with Gasteiger partial charge in [0.2, 0.25) is 0 Å². The molecular formula is C24H23NO. The van der Waals surface area contributed by atoms with E-state index in [2.05, 4.69) is 48.9 Å². The Morgan fingerprint density at radius 3 is 2.23 bits per heavy atom. The summed E-state index contributed by atoms with van der Waals surface area (Å²) in [5.41, 5.74) is 2.71. The molecule has 0 spiro atoms. The van der Waals surface area contributed by atoms with Gasteiger partial charge in [-0.05, 0) is 29.7 Å². The molecule has 0 radical (unpaired) electrons. The van der Waals surface area contributed by atoms with Gasteiger partial charge in [0.05, 0.1) is 0 Å². The SMILES string of the molecule is CCC(CC)n1cc(C(=O)c2cccc3ccccc23)c2ccccc21. The highest BCUT2D eigenvalue weighted by Crippen LogP contribution is 2.30. The third-order valence-corrected chi connectivity index (χ3v) is 5.36. The first-order chi connectivity index (χ1) is 12.7. The molecule has 0 atom stereocenters. The van der Waals surface area contributed by atoms with Crippen LogP contribution in [-0.2, 0) is 0 Å². The fourth-order valence-electron chi connectivity index (χ4n) is 3.94. The first-order valence-corrected chi connectivity index (χ1v) is 9.36. The first kappa shape index (κ1) is 16.6. The molecule has 1 aromatic heterocycles. The molecule has 2 nitrogen and oxygen atoms in total. The van der Waals surface area contributed by atoms with Crippen LogP contribution in [0.5, 0.6) is 0 Å². The molecule has 4 rings (SSSR count). The molecular weight excluding hydrogens is 318 g/mol. The van der Waals surface area contributed by atoms with Gasteiger partial charge in [-0.3, -0.25) is 4.79 Å². The number of hydrogen-bond donors (Lipinski definition) is 0. The van der Waals surface area contributed by atoms with Crippen LogP contribution in [-0.4, -0.2) is 10.4 Å². The quantitative estimate of drug-likeness (QED) is 0.386. The lowest BCUT2D eigenvalue weighted by Gasteiger charge is -2.16. The van der Waals surface area contributed by atoms with Crippen molar-refractivity contribution in [2.75, 3.05) is 0 Å². The Hall–Kier alpha value is -2.87. The largest absolute Gasteiger partial charge is 0.344 e. The zero-order valence-electron chi connectivity index (χ0n) is 15.3. The van der Waals surface area contributed by atoms with Gasteiger partial charge >= 0.3 is 0 Å². The fourth-order valence-corrected chi connectivity index (χ4v) is 3.94. The lowest BCUT2D eigenvalue weighted by molar-refractivity contribution is 0.104. The van der Waals surface area contributed by atoms with E-state index in [1.165, 1.54) is 0 Å². The van der Waals surface area contributed by atoms with Crippen LogP contribution in [0.3, 0.4) is 0 Å². The van der Waals surface area contributed by atoms with Crippen LogP contribution >= 0.6 is 0 Å². The van der Waals surface area contributed by atoms with Gasteiger partial charge in [-0.25, -0.2) is 0 Å². The summed E-state index contributed by atoms with van der Waals surface area (Å²) in [7, 11) is 0. The van der Waals surface area contributed by atoms with Crippen molar-refractivity contribution in [1.82, 2.24) is 4.57 Å². The van der Waals surface area contributed by atoms with Gasteiger partial charge in [0.1, 0.15) is 0 Å². The molecule has 1 heterocycles. The van der Waals surface area contributed by atoms with Crippen molar-refractivity contribution in [3.8, 4) is 0 Å². The summed E-state index contributed by atoms with van der Waals surface area (Å²) in [5.74, 6) is 0.0997. The summed E-state index contributed by atoms with van der Waals surface area (Å²) in [6, 6.07) is 22.7. The Morgan fingerprint density at radius 1 is 0.808 bits per heavy atom. The van der Waals surface area contributed by atoms with Crippen molar-refractivity contribution in [2.45, 2.75) is 32.7 Å². The molecule has 0 aliphatic rings. The topological polar surface area (TPSA) is 22.0 Å². The zero-order valence-corrected chi connectivity index (χ0v) is 15.3. The number of para-hydroxylation sites is 1. The second-order valence-electron chi connectivity index (χ2n) is 6.79. The minimum Gasteiger partial charge on any atom is -0.344 e. The molecule has 0 saturated carbocycles. The van der Waals surface area contributed by atoms with Crippen LogP contribution in [0, 0.1) is 0 Å². The maximum Gasteiger partial charge on any atom is 0.195 e. The van der Waals surface area contributed by atoms with Gasteiger partial charge in [-0.1, -0.05) is 74.5 Å². The number of fused-ring (bicyclic) bond motifs is 2. The number of nitrogens with zero attached hydrogens (tertiary/aromatic N) is 1. The monoisotopic (exact) mass is 341 g/mol. The molecule has 26 heavy (non-hydrogen) atoms. The minimum absolute atomic E-state index is 0.0997. The third-order valence-electron chi connectivity index (χ3n) is 5.36. The Kier molecular flexibility index (Phi) is 4.34. The van der Waals surface area contributed by atoms with Crippen molar-refractivity contribution >= 4 is 27.5 Å². The highest BCUT2D eigenvalue weighted by molar-refractivity contribution is 6.21. The first-order valence-electron chi connectivity index (χ1n) is 9.36. The molecule has 0 unspecified atom stereocenters. The lowest BCUT2D eigenvalue weighted by Crippen LogP contribution is -2.06. The van der Waals surface area contributed by atoms with Gasteiger partial charge in [-0.2, -0.15) is 0 Å². The van der Waals surface area contributed by atoms with Crippen molar-refractivity contribution in [3.05, 3.63) is 84.1 Å². The van der Waals surface area contributed by atoms with Crippen LogP contribution < -0.4 is 0 Å². The molecule has 0 bridgehead atoms. The van der Waals surface area contributed by atoms with E-state index in [9.17, 15) is 4.79 Å². The second kappa shape index (κ2) is 6.80. The number of ketones is 1. The number of carbonyl (C=O) groups excluding carboxylic acids is 1. The Bertz CT molecular complexity index is 1080. The minimum atomic E-state index is 0.0997. The Labute approximate surface area is 154 Å². The normalized spacial score (nSPS) is 11.5. The van der Waals surface area contributed by atoms with E-state index in [0.717, 1.165) is 45.6 Å². The maximum absolute atomic E-state index is 13.5. The van der Waals surface area contributed by atoms with E-state index >= 15 is 0 Å². The molecule has 2 heteroatoms. The smallest absolute Gasteiger partial charge is 0.195 e. The van der Waals surface area contributed by atoms with E-state index in [1.54, 1.807) is 0 Å². The van der Waals surface area contributed by atoms with Gasteiger partial charge < -0.3 is 4.57 Å². The zero-order chi connectivity index (χ0) is 18.1. The van der Waals surface area contributed by atoms with Crippen LogP contribution in [0.4, 0.5) is 0 Å². The fraction of sp³-hybridized carbons (Fsp3) is 0.208. The summed E-state index contributed by atoms with van der Waals surface area (Å²) in [5, 5.41) is 3.15. The standard InChI is InChI=1S/C24H23NO/c1-3-18(4-2)25-16-22(20-13-7-8-15-23(20)25)24(26)21-14-9-11-17-10-5-6-12-19(17)21/h5-16,18H,3-4H2,1-2H3. The Balaban J connectivity index is 1.92. The average Bonchev–Trinajstić information content (AvgIpc) is 3.08. The highest BCUT2D eigenvalue weighted by Gasteiger charge is 2.20. The lowest BCUT2D eigenvalue weighted by atomic mass is 9.97. The van der Waals surface area contributed by atoms with Gasteiger partial charge in [0.15, 0.2) is 5.78 Å². The average molecular weight is 341 g/mol. The van der Waals surface area contributed by atoms with E-state index in [-0.39, 0.29) is 5.78 Å². The van der Waals surface area contributed by atoms with Crippen LogP contribution in [0.1, 0.15) is 48.7 Å². The highest BCUT2D eigenvalue weighted by atomic mass is 16.1. The van der Waals surface area contributed by atoms with Gasteiger partial charge in [-0.15, -0.1) is 0 Å². The summed E-state index contributed by atoms with van der Waals surface area (Å²) < 4.78 is 2.29. The summed E-state index contributed by atoms with van der Waals surface area (Å²) in [6.07, 6.45) is 4.17. The van der Waals surface area contributed by atoms with Gasteiger partial charge in [0.25, 0.3) is 0 Å². The van der Waals surface area contributed by atoms with E-state index in [1.807, 2.05) is 42.5 Å². The van der Waals surface area contributed by atoms with Crippen LogP contribution in [0.25, 0.3) is 21.7 Å². The van der Waals surface area contributed by atoms with Crippen molar-refractivity contribution in [3.63, 3.8) is 0 Å². The number of aromatic nitrogens is 1. The van der Waals surface area contributed by atoms with E-state index in [4.69, 9.17) is 0 Å². The van der Waals surface area contributed by atoms with Gasteiger partial charge in [0, 0.05) is 34.3 Å². The van der Waals surface area contributed by atoms with E-state index in [0.29, 0.717) is 6.04 Å². The number of rotatable bonds is 5.